The Balaban J connectivity index is 1.77. The van der Waals surface area contributed by atoms with E-state index in [1.54, 1.807) is 31.3 Å². The molecule has 0 atom stereocenters. The molecular weight excluding hydrogens is 442 g/mol. The fraction of sp³-hybridized carbons (Fsp3) is 0.375. The fourth-order valence-corrected chi connectivity index (χ4v) is 4.22. The lowest BCUT2D eigenvalue weighted by molar-refractivity contribution is 0.0533. The van der Waals surface area contributed by atoms with Crippen molar-refractivity contribution in [2.24, 2.45) is 0 Å². The number of nitrogens with zero attached hydrogens (tertiary/aromatic N) is 2. The number of amides is 1. The van der Waals surface area contributed by atoms with E-state index in [1.807, 2.05) is 33.8 Å². The van der Waals surface area contributed by atoms with Gasteiger partial charge in [-0.3, -0.25) is 14.3 Å². The van der Waals surface area contributed by atoms with Crippen molar-refractivity contribution >= 4 is 32.6 Å². The molecule has 0 radical (unpaired) electrons. The van der Waals surface area contributed by atoms with E-state index in [-0.39, 0.29) is 23.1 Å². The van der Waals surface area contributed by atoms with Crippen LogP contribution in [0.2, 0.25) is 0 Å². The highest BCUT2D eigenvalue weighted by molar-refractivity contribution is 7.91. The third kappa shape index (κ3) is 5.60. The summed E-state index contributed by atoms with van der Waals surface area (Å²) in [6.07, 6.45) is 3.16. The average Bonchev–Trinajstić information content (AvgIpc) is 3.14. The number of sulfone groups is 1. The molecule has 33 heavy (non-hydrogen) atoms. The summed E-state index contributed by atoms with van der Waals surface area (Å²) in [4.78, 5) is 29.6. The molecule has 0 bridgehead atoms. The smallest absolute Gasteiger partial charge is 0.418 e. The summed E-state index contributed by atoms with van der Waals surface area (Å²) in [7, 11) is -3.32. The Morgan fingerprint density at radius 2 is 1.85 bits per heavy atom. The third-order valence-corrected chi connectivity index (χ3v) is 6.80. The minimum atomic E-state index is -3.32. The zero-order valence-electron chi connectivity index (χ0n) is 19.5. The zero-order chi connectivity index (χ0) is 24.4. The van der Waals surface area contributed by atoms with Crippen molar-refractivity contribution in [1.29, 1.82) is 0 Å². The third-order valence-electron chi connectivity index (χ3n) is 5.08. The van der Waals surface area contributed by atoms with Crippen LogP contribution in [0.3, 0.4) is 0 Å². The van der Waals surface area contributed by atoms with E-state index < -0.39 is 21.5 Å². The molecule has 176 valence electrons. The molecule has 9 heteroatoms. The van der Waals surface area contributed by atoms with Gasteiger partial charge in [-0.2, -0.15) is 0 Å². The molecule has 3 rings (SSSR count). The number of aromatic nitrogens is 2. The van der Waals surface area contributed by atoms with Crippen molar-refractivity contribution in [1.82, 2.24) is 14.9 Å². The van der Waals surface area contributed by atoms with Gasteiger partial charge in [0.05, 0.1) is 22.9 Å². The van der Waals surface area contributed by atoms with Gasteiger partial charge < -0.3 is 10.1 Å². The fourth-order valence-electron chi connectivity index (χ4n) is 3.39. The molecule has 2 heterocycles. The molecule has 0 fully saturated rings. The van der Waals surface area contributed by atoms with Gasteiger partial charge in [-0.1, -0.05) is 19.9 Å². The Morgan fingerprint density at radius 1 is 1.12 bits per heavy atom. The second kappa shape index (κ2) is 9.35. The lowest BCUT2D eigenvalue weighted by atomic mass is 10.1. The largest absolute Gasteiger partial charge is 0.443 e. The van der Waals surface area contributed by atoms with Gasteiger partial charge >= 0.3 is 6.09 Å². The van der Waals surface area contributed by atoms with Crippen LogP contribution in [0.25, 0.3) is 10.8 Å². The van der Waals surface area contributed by atoms with Gasteiger partial charge in [0.25, 0.3) is 5.91 Å². The Morgan fingerprint density at radius 3 is 2.42 bits per heavy atom. The molecule has 1 aromatic carbocycles. The molecule has 0 saturated carbocycles. The van der Waals surface area contributed by atoms with E-state index in [4.69, 9.17) is 4.74 Å². The molecule has 0 aliphatic rings. The second-order valence-corrected chi connectivity index (χ2v) is 10.9. The lowest BCUT2D eigenvalue weighted by Gasteiger charge is -2.20. The standard InChI is InChI=1S/C24H29N3O5S/c1-6-21-20-11-8-16(12-17(20)15-27(21)23(29)32-24(3,4)5)22(28)26-13-18-9-10-19(14-25-18)33(30,31)7-2/h8-12,14-15H,6-7,13H2,1-5H3,(H,26,28). The van der Waals surface area contributed by atoms with Crippen molar-refractivity contribution < 1.29 is 22.7 Å². The van der Waals surface area contributed by atoms with Gasteiger partial charge in [0, 0.05) is 34.4 Å². The molecule has 2 aromatic heterocycles. The van der Waals surface area contributed by atoms with Crippen molar-refractivity contribution in [2.45, 2.75) is 58.1 Å². The van der Waals surface area contributed by atoms with Crippen LogP contribution < -0.4 is 5.32 Å². The molecule has 3 aromatic rings. The Hall–Kier alpha value is -3.20. The minimum absolute atomic E-state index is 0.00262. The highest BCUT2D eigenvalue weighted by atomic mass is 32.2. The first kappa shape index (κ1) is 24.4. The number of benzene rings is 1. The van der Waals surface area contributed by atoms with Crippen LogP contribution in [0.5, 0.6) is 0 Å². The van der Waals surface area contributed by atoms with E-state index in [1.165, 1.54) is 16.8 Å². The number of aryl methyl sites for hydroxylation is 1. The van der Waals surface area contributed by atoms with Gasteiger partial charge in [0.2, 0.25) is 0 Å². The van der Waals surface area contributed by atoms with Crippen LogP contribution in [0, 0.1) is 0 Å². The van der Waals surface area contributed by atoms with Crippen LogP contribution >= 0.6 is 0 Å². The quantitative estimate of drug-likeness (QED) is 0.580. The molecule has 1 amide bonds. The maximum absolute atomic E-state index is 12.7. The number of pyridine rings is 1. The van der Waals surface area contributed by atoms with Gasteiger partial charge in [0.15, 0.2) is 9.84 Å². The predicted molar refractivity (Wildman–Crippen MR) is 126 cm³/mol. The summed E-state index contributed by atoms with van der Waals surface area (Å²) in [6.45, 7) is 9.13. The monoisotopic (exact) mass is 471 g/mol. The summed E-state index contributed by atoms with van der Waals surface area (Å²) in [5.41, 5.74) is 1.19. The molecule has 0 aliphatic carbocycles. The van der Waals surface area contributed by atoms with Crippen molar-refractivity contribution in [3.8, 4) is 0 Å². The van der Waals surface area contributed by atoms with Crippen molar-refractivity contribution in [2.75, 3.05) is 5.75 Å². The first-order valence-corrected chi connectivity index (χ1v) is 12.4. The van der Waals surface area contributed by atoms with Crippen LogP contribution in [0.4, 0.5) is 4.79 Å². The molecule has 0 saturated heterocycles. The number of carbonyl (C=O) groups is 2. The minimum Gasteiger partial charge on any atom is -0.443 e. The Kier molecular flexibility index (Phi) is 6.92. The molecule has 0 aliphatic heterocycles. The number of fused-ring (bicyclic) bond motifs is 1. The molecule has 1 N–H and O–H groups in total. The molecule has 0 unspecified atom stereocenters. The van der Waals surface area contributed by atoms with Gasteiger partial charge in [-0.05, 0) is 51.5 Å². The normalized spacial score (nSPS) is 12.0. The summed E-state index contributed by atoms with van der Waals surface area (Å²) in [5, 5.41) is 4.44. The first-order valence-electron chi connectivity index (χ1n) is 10.8. The van der Waals surface area contributed by atoms with E-state index >= 15 is 0 Å². The summed E-state index contributed by atoms with van der Waals surface area (Å²) in [6, 6.07) is 8.34. The molecular formula is C24H29N3O5S. The van der Waals surface area contributed by atoms with Crippen LogP contribution in [-0.4, -0.2) is 41.3 Å². The zero-order valence-corrected chi connectivity index (χ0v) is 20.3. The van der Waals surface area contributed by atoms with E-state index in [2.05, 4.69) is 10.3 Å². The topological polar surface area (TPSA) is 107 Å². The van der Waals surface area contributed by atoms with Gasteiger partial charge in [-0.25, -0.2) is 13.2 Å². The maximum atomic E-state index is 12.7. The highest BCUT2D eigenvalue weighted by Gasteiger charge is 2.21. The second-order valence-electron chi connectivity index (χ2n) is 8.65. The van der Waals surface area contributed by atoms with Crippen LogP contribution in [0.1, 0.15) is 56.4 Å². The number of nitrogens with one attached hydrogen (secondary N) is 1. The van der Waals surface area contributed by atoms with Gasteiger partial charge in [-0.15, -0.1) is 0 Å². The SMILES string of the molecule is CCc1c2ccc(C(=O)NCc3ccc(S(=O)(=O)CC)cn3)cc2cn1C(=O)OC(C)(C)C. The van der Waals surface area contributed by atoms with Crippen LogP contribution in [0.15, 0.2) is 47.6 Å². The predicted octanol–water partition coefficient (Wildman–Crippen LogP) is 4.11. The molecule has 0 spiro atoms. The molecule has 8 nitrogen and oxygen atoms in total. The lowest BCUT2D eigenvalue weighted by Crippen LogP contribution is -2.27. The van der Waals surface area contributed by atoms with Crippen molar-refractivity contribution in [3.05, 3.63) is 59.7 Å². The summed E-state index contributed by atoms with van der Waals surface area (Å²) in [5.74, 6) is -0.296. The first-order chi connectivity index (χ1) is 15.4. The maximum Gasteiger partial charge on any atom is 0.418 e. The Labute approximate surface area is 193 Å². The van der Waals surface area contributed by atoms with Gasteiger partial charge in [0.1, 0.15) is 5.60 Å². The van der Waals surface area contributed by atoms with Crippen LogP contribution in [-0.2, 0) is 27.5 Å². The number of hydrogen-bond donors (Lipinski definition) is 1. The summed E-state index contributed by atoms with van der Waals surface area (Å²) >= 11 is 0. The number of carbonyl (C=O) groups excluding carboxylic acids is 2. The number of rotatable bonds is 6. The highest BCUT2D eigenvalue weighted by Crippen LogP contribution is 2.25. The average molecular weight is 472 g/mol. The number of hydrogen-bond acceptors (Lipinski definition) is 6. The summed E-state index contributed by atoms with van der Waals surface area (Å²) < 4.78 is 30.8. The number of ether oxygens (including phenoxy) is 1. The van der Waals surface area contributed by atoms with Crippen molar-refractivity contribution in [3.63, 3.8) is 0 Å². The van der Waals surface area contributed by atoms with E-state index in [9.17, 15) is 18.0 Å². The van der Waals surface area contributed by atoms with E-state index in [0.29, 0.717) is 17.7 Å². The Bertz CT molecular complexity index is 1290. The van der Waals surface area contributed by atoms with E-state index in [0.717, 1.165) is 16.5 Å².